The Hall–Kier alpha value is -4.20. The zero-order valence-electron chi connectivity index (χ0n) is 21.0. The summed E-state index contributed by atoms with van der Waals surface area (Å²) in [6, 6.07) is 6.20. The molecule has 0 unspecified atom stereocenters. The number of benzene rings is 3. The van der Waals surface area contributed by atoms with Crippen molar-refractivity contribution in [2.45, 2.75) is 31.8 Å². The van der Waals surface area contributed by atoms with Crippen molar-refractivity contribution in [1.29, 1.82) is 0 Å². The van der Waals surface area contributed by atoms with Crippen molar-refractivity contribution >= 4 is 38.5 Å². The minimum absolute atomic E-state index is 0.00997. The van der Waals surface area contributed by atoms with Crippen LogP contribution in [-0.4, -0.2) is 24.3 Å². The van der Waals surface area contributed by atoms with E-state index in [4.69, 9.17) is 0 Å². The molecule has 0 spiro atoms. The fourth-order valence-electron chi connectivity index (χ4n) is 3.52. The number of alkyl halides is 3. The summed E-state index contributed by atoms with van der Waals surface area (Å²) in [6.07, 6.45) is -3.66. The standard InChI is InChI=1S/C26H20F6N4O3S/c1-25(2,3)23(37)35-24-33-12-14-10-13(4-8-18(14)34-24)21-17(28)7-9-19(22(21)29)36-40(38,39)20-11-15(26(30,31)32)5-6-16(20)27/h4-12,36H,1-3H3,(H,33,34,35,37). The molecule has 0 atom stereocenters. The van der Waals surface area contributed by atoms with Gasteiger partial charge in [-0.05, 0) is 48.0 Å². The Morgan fingerprint density at radius 3 is 2.23 bits per heavy atom. The largest absolute Gasteiger partial charge is 0.416 e. The number of anilines is 2. The van der Waals surface area contributed by atoms with Crippen LogP contribution in [0.4, 0.5) is 38.0 Å². The lowest BCUT2D eigenvalue weighted by atomic mass is 9.96. The van der Waals surface area contributed by atoms with Crippen molar-refractivity contribution in [3.63, 3.8) is 0 Å². The minimum atomic E-state index is -5.06. The quantitative estimate of drug-likeness (QED) is 0.261. The monoisotopic (exact) mass is 582 g/mol. The van der Waals surface area contributed by atoms with E-state index in [1.165, 1.54) is 24.4 Å². The molecule has 0 aliphatic heterocycles. The van der Waals surface area contributed by atoms with Gasteiger partial charge in [0.1, 0.15) is 16.5 Å². The second-order valence-electron chi connectivity index (χ2n) is 9.70. The predicted octanol–water partition coefficient (Wildman–Crippen LogP) is 6.52. The van der Waals surface area contributed by atoms with E-state index >= 15 is 4.39 Å². The molecule has 0 bridgehead atoms. The van der Waals surface area contributed by atoms with Crippen LogP contribution in [0.2, 0.25) is 0 Å². The fraction of sp³-hybridized carbons (Fsp3) is 0.192. The number of carbonyl (C=O) groups is 1. The molecule has 7 nitrogen and oxygen atoms in total. The van der Waals surface area contributed by atoms with Gasteiger partial charge in [-0.3, -0.25) is 14.8 Å². The lowest BCUT2D eigenvalue weighted by Crippen LogP contribution is -2.28. The highest BCUT2D eigenvalue weighted by atomic mass is 32.2. The molecule has 1 heterocycles. The smallest absolute Gasteiger partial charge is 0.294 e. The van der Waals surface area contributed by atoms with Gasteiger partial charge in [0, 0.05) is 17.0 Å². The van der Waals surface area contributed by atoms with E-state index in [1.54, 1.807) is 25.5 Å². The third-order valence-corrected chi connectivity index (χ3v) is 7.04. The number of nitrogens with one attached hydrogen (secondary N) is 2. The molecule has 0 fully saturated rings. The maximum Gasteiger partial charge on any atom is 0.416 e. The molecule has 40 heavy (non-hydrogen) atoms. The summed E-state index contributed by atoms with van der Waals surface area (Å²) in [5.41, 5.74) is -3.38. The zero-order valence-corrected chi connectivity index (χ0v) is 21.8. The van der Waals surface area contributed by atoms with Crippen LogP contribution in [0.15, 0.2) is 59.6 Å². The maximum atomic E-state index is 15.4. The molecule has 1 aromatic heterocycles. The average molecular weight is 583 g/mol. The number of halogens is 6. The first-order valence-corrected chi connectivity index (χ1v) is 12.9. The van der Waals surface area contributed by atoms with Crippen LogP contribution >= 0.6 is 0 Å². The van der Waals surface area contributed by atoms with E-state index in [1.807, 2.05) is 0 Å². The van der Waals surface area contributed by atoms with Crippen molar-refractivity contribution < 1.29 is 39.6 Å². The third kappa shape index (κ3) is 5.86. The number of rotatable bonds is 5. The second-order valence-corrected chi connectivity index (χ2v) is 11.4. The van der Waals surface area contributed by atoms with Crippen LogP contribution in [0.3, 0.4) is 0 Å². The lowest BCUT2D eigenvalue weighted by molar-refractivity contribution is -0.137. The van der Waals surface area contributed by atoms with Gasteiger partial charge in [0.05, 0.1) is 22.3 Å². The van der Waals surface area contributed by atoms with E-state index < -0.39 is 60.8 Å². The van der Waals surface area contributed by atoms with Crippen LogP contribution in [-0.2, 0) is 21.0 Å². The Balaban J connectivity index is 1.70. The molecule has 210 valence electrons. The summed E-state index contributed by atoms with van der Waals surface area (Å²) in [7, 11) is -5.06. The second kappa shape index (κ2) is 10.1. The van der Waals surface area contributed by atoms with Gasteiger partial charge in [-0.2, -0.15) is 13.2 Å². The summed E-state index contributed by atoms with van der Waals surface area (Å²) >= 11 is 0. The zero-order chi connectivity index (χ0) is 29.6. The molecule has 2 N–H and O–H groups in total. The molecule has 4 rings (SSSR count). The molecular formula is C26H20F6N4O3S. The van der Waals surface area contributed by atoms with Gasteiger partial charge >= 0.3 is 6.18 Å². The number of aromatic nitrogens is 2. The van der Waals surface area contributed by atoms with E-state index in [-0.39, 0.29) is 23.5 Å². The molecule has 4 aromatic rings. The molecular weight excluding hydrogens is 562 g/mol. The summed E-state index contributed by atoms with van der Waals surface area (Å²) in [4.78, 5) is 19.1. The number of fused-ring (bicyclic) bond motifs is 1. The topological polar surface area (TPSA) is 101 Å². The number of hydrogen-bond acceptors (Lipinski definition) is 5. The summed E-state index contributed by atoms with van der Waals surface area (Å²) in [5, 5.41) is 2.88. The van der Waals surface area contributed by atoms with Crippen LogP contribution in [0.25, 0.3) is 22.0 Å². The van der Waals surface area contributed by atoms with Gasteiger partial charge in [0.25, 0.3) is 10.0 Å². The van der Waals surface area contributed by atoms with Crippen LogP contribution in [0, 0.1) is 22.9 Å². The minimum Gasteiger partial charge on any atom is -0.294 e. The third-order valence-electron chi connectivity index (χ3n) is 5.66. The van der Waals surface area contributed by atoms with Crippen LogP contribution < -0.4 is 10.0 Å². The first-order valence-electron chi connectivity index (χ1n) is 11.4. The summed E-state index contributed by atoms with van der Waals surface area (Å²) in [6.45, 7) is 5.09. The number of hydrogen-bond donors (Lipinski definition) is 2. The van der Waals surface area contributed by atoms with Crippen LogP contribution in [0.5, 0.6) is 0 Å². The number of sulfonamides is 1. The Morgan fingerprint density at radius 2 is 1.57 bits per heavy atom. The van der Waals surface area contributed by atoms with Crippen molar-refractivity contribution in [3.8, 4) is 11.1 Å². The van der Waals surface area contributed by atoms with Crippen molar-refractivity contribution in [2.75, 3.05) is 10.0 Å². The van der Waals surface area contributed by atoms with Crippen molar-refractivity contribution in [3.05, 3.63) is 77.7 Å². The number of nitrogens with zero attached hydrogens (tertiary/aromatic N) is 2. The van der Waals surface area contributed by atoms with Crippen LogP contribution in [0.1, 0.15) is 26.3 Å². The van der Waals surface area contributed by atoms with Gasteiger partial charge in [-0.15, -0.1) is 0 Å². The first-order chi connectivity index (χ1) is 18.5. The number of carbonyl (C=O) groups excluding carboxylic acids is 1. The highest BCUT2D eigenvalue weighted by Crippen LogP contribution is 2.35. The van der Waals surface area contributed by atoms with Crippen molar-refractivity contribution in [2.24, 2.45) is 5.41 Å². The number of amides is 1. The highest BCUT2D eigenvalue weighted by Gasteiger charge is 2.33. The molecule has 3 aromatic carbocycles. The fourth-order valence-corrected chi connectivity index (χ4v) is 4.68. The molecule has 14 heteroatoms. The Kier molecular flexibility index (Phi) is 7.26. The first kappa shape index (κ1) is 28.8. The van der Waals surface area contributed by atoms with Gasteiger partial charge in [0.15, 0.2) is 5.82 Å². The Bertz CT molecular complexity index is 1750. The van der Waals surface area contributed by atoms with Gasteiger partial charge in [-0.1, -0.05) is 26.8 Å². The summed E-state index contributed by atoms with van der Waals surface area (Å²) < 4.78 is 111. The molecule has 0 aliphatic rings. The predicted molar refractivity (Wildman–Crippen MR) is 135 cm³/mol. The molecule has 0 radical (unpaired) electrons. The maximum absolute atomic E-state index is 15.4. The summed E-state index contributed by atoms with van der Waals surface area (Å²) in [5.74, 6) is -4.31. The van der Waals surface area contributed by atoms with Gasteiger partial charge in [0.2, 0.25) is 11.9 Å². The lowest BCUT2D eigenvalue weighted by Gasteiger charge is -2.16. The highest BCUT2D eigenvalue weighted by molar-refractivity contribution is 7.92. The van der Waals surface area contributed by atoms with E-state index in [2.05, 4.69) is 15.3 Å². The van der Waals surface area contributed by atoms with E-state index in [9.17, 15) is 35.2 Å². The van der Waals surface area contributed by atoms with Gasteiger partial charge < -0.3 is 0 Å². The van der Waals surface area contributed by atoms with Gasteiger partial charge in [-0.25, -0.2) is 31.6 Å². The molecule has 0 aliphatic carbocycles. The molecule has 0 saturated carbocycles. The Morgan fingerprint density at radius 1 is 0.900 bits per heavy atom. The van der Waals surface area contributed by atoms with Crippen molar-refractivity contribution in [1.82, 2.24) is 9.97 Å². The Labute approximate surface area is 224 Å². The normalized spacial score (nSPS) is 12.4. The van der Waals surface area contributed by atoms with E-state index in [0.29, 0.717) is 29.1 Å². The SMILES string of the molecule is CC(C)(C)C(=O)Nc1ncc2cc(-c3c(F)ccc(NS(=O)(=O)c4cc(C(F)(F)F)ccc4F)c3F)ccc2n1. The molecule has 0 saturated heterocycles. The molecule has 1 amide bonds. The van der Waals surface area contributed by atoms with E-state index in [0.717, 1.165) is 6.07 Å². The average Bonchev–Trinajstić information content (AvgIpc) is 2.84.